The van der Waals surface area contributed by atoms with Gasteiger partial charge in [0.05, 0.1) is 12.1 Å². The minimum Gasteiger partial charge on any atom is -0.361 e. The van der Waals surface area contributed by atoms with E-state index in [4.69, 9.17) is 4.52 Å². The largest absolute Gasteiger partial charge is 0.361 e. The lowest BCUT2D eigenvalue weighted by molar-refractivity contribution is -0.130. The summed E-state index contributed by atoms with van der Waals surface area (Å²) < 4.78 is 5.14. The Balaban J connectivity index is 2.01. The minimum absolute atomic E-state index is 0.135. The van der Waals surface area contributed by atoms with Gasteiger partial charge < -0.3 is 14.3 Å². The molecule has 112 valence electrons. The summed E-state index contributed by atoms with van der Waals surface area (Å²) in [6.07, 6.45) is 0.311. The number of hydrogen-bond donors (Lipinski definition) is 0. The first-order valence-corrected chi connectivity index (χ1v) is 7.25. The Hall–Kier alpha value is -1.36. The number of aryl methyl sites for hydroxylation is 1. The topological polar surface area (TPSA) is 49.6 Å². The van der Waals surface area contributed by atoms with Gasteiger partial charge in [0, 0.05) is 25.2 Å². The van der Waals surface area contributed by atoms with Crippen LogP contribution < -0.4 is 0 Å². The van der Waals surface area contributed by atoms with Crippen LogP contribution in [0.15, 0.2) is 10.6 Å². The Morgan fingerprint density at radius 1 is 1.50 bits per heavy atom. The Morgan fingerprint density at radius 3 is 2.65 bits per heavy atom. The minimum atomic E-state index is 0.135. The van der Waals surface area contributed by atoms with E-state index in [1.165, 1.54) is 0 Å². The molecule has 0 spiro atoms. The van der Waals surface area contributed by atoms with Gasteiger partial charge in [0.2, 0.25) is 5.91 Å². The fourth-order valence-corrected chi connectivity index (χ4v) is 2.98. The van der Waals surface area contributed by atoms with Crippen LogP contribution in [0.5, 0.6) is 0 Å². The molecule has 1 amide bonds. The van der Waals surface area contributed by atoms with Crippen molar-refractivity contribution in [3.63, 3.8) is 0 Å². The summed E-state index contributed by atoms with van der Waals surface area (Å²) in [7, 11) is 4.18. The van der Waals surface area contributed by atoms with Crippen molar-refractivity contribution in [3.8, 4) is 0 Å². The summed E-state index contributed by atoms with van der Waals surface area (Å²) in [5.74, 6) is 1.90. The molecule has 0 saturated carbocycles. The maximum atomic E-state index is 12.4. The van der Waals surface area contributed by atoms with E-state index in [0.717, 1.165) is 18.8 Å². The molecule has 5 heteroatoms. The van der Waals surface area contributed by atoms with E-state index < -0.39 is 0 Å². The number of likely N-dealkylation sites (N-methyl/N-ethyl adjacent to an activating group) is 1. The summed E-state index contributed by atoms with van der Waals surface area (Å²) in [5, 5.41) is 3.83. The second kappa shape index (κ2) is 5.95. The standard InChI is InChI=1S/C15H25N3O2/c1-10(2)13-8-18(9-14(13)17(4)5)15(19)7-12-6-11(3)16-20-12/h6,10,13-14H,7-9H2,1-5H3/t13-,14+/m0/s1. The number of rotatable bonds is 4. The van der Waals surface area contributed by atoms with Gasteiger partial charge in [0.25, 0.3) is 0 Å². The molecule has 2 heterocycles. The fraction of sp³-hybridized carbons (Fsp3) is 0.733. The molecule has 1 saturated heterocycles. The van der Waals surface area contributed by atoms with Crippen molar-refractivity contribution in [2.75, 3.05) is 27.2 Å². The summed E-state index contributed by atoms with van der Waals surface area (Å²) >= 11 is 0. The monoisotopic (exact) mass is 279 g/mol. The van der Waals surface area contributed by atoms with Crippen LogP contribution in [-0.2, 0) is 11.2 Å². The number of hydrogen-bond acceptors (Lipinski definition) is 4. The lowest BCUT2D eigenvalue weighted by Gasteiger charge is -2.27. The Bertz CT molecular complexity index is 451. The molecule has 2 rings (SSSR count). The van der Waals surface area contributed by atoms with Gasteiger partial charge in [-0.2, -0.15) is 0 Å². The molecule has 0 N–H and O–H groups in total. The van der Waals surface area contributed by atoms with Gasteiger partial charge in [-0.15, -0.1) is 0 Å². The van der Waals surface area contributed by atoms with Crippen molar-refractivity contribution in [2.45, 2.75) is 33.2 Å². The van der Waals surface area contributed by atoms with Crippen LogP contribution in [0.2, 0.25) is 0 Å². The lowest BCUT2D eigenvalue weighted by atomic mass is 9.91. The smallest absolute Gasteiger partial charge is 0.230 e. The van der Waals surface area contributed by atoms with Crippen molar-refractivity contribution in [1.82, 2.24) is 15.0 Å². The molecule has 0 unspecified atom stereocenters. The number of carbonyl (C=O) groups is 1. The Kier molecular flexibility index (Phi) is 4.48. The zero-order valence-corrected chi connectivity index (χ0v) is 13.1. The van der Waals surface area contributed by atoms with Gasteiger partial charge in [0.15, 0.2) is 0 Å². The maximum Gasteiger partial charge on any atom is 0.230 e. The van der Waals surface area contributed by atoms with Gasteiger partial charge in [-0.05, 0) is 32.9 Å². The second-order valence-corrected chi connectivity index (χ2v) is 6.35. The van der Waals surface area contributed by atoms with E-state index in [0.29, 0.717) is 30.1 Å². The quantitative estimate of drug-likeness (QED) is 0.839. The van der Waals surface area contributed by atoms with Crippen LogP contribution in [-0.4, -0.2) is 54.1 Å². The molecule has 0 aliphatic carbocycles. The number of carbonyl (C=O) groups excluding carboxylic acids is 1. The summed E-state index contributed by atoms with van der Waals surface area (Å²) in [4.78, 5) is 16.6. The van der Waals surface area contributed by atoms with Crippen LogP contribution in [0.3, 0.4) is 0 Å². The van der Waals surface area contributed by atoms with Crippen molar-refractivity contribution in [2.24, 2.45) is 11.8 Å². The maximum absolute atomic E-state index is 12.4. The molecule has 1 aliphatic heterocycles. The van der Waals surface area contributed by atoms with Crippen molar-refractivity contribution in [3.05, 3.63) is 17.5 Å². The summed E-state index contributed by atoms with van der Waals surface area (Å²) in [5.41, 5.74) is 0.820. The second-order valence-electron chi connectivity index (χ2n) is 6.35. The van der Waals surface area contributed by atoms with Crippen molar-refractivity contribution >= 4 is 5.91 Å². The van der Waals surface area contributed by atoms with Gasteiger partial charge in [-0.1, -0.05) is 19.0 Å². The van der Waals surface area contributed by atoms with Gasteiger partial charge >= 0.3 is 0 Å². The van der Waals surface area contributed by atoms with Crippen LogP contribution in [0, 0.1) is 18.8 Å². The number of amides is 1. The third kappa shape index (κ3) is 3.20. The highest BCUT2D eigenvalue weighted by Gasteiger charge is 2.37. The number of aromatic nitrogens is 1. The first-order valence-electron chi connectivity index (χ1n) is 7.25. The molecule has 0 bridgehead atoms. The molecule has 1 aromatic rings. The van der Waals surface area contributed by atoms with E-state index in [1.807, 2.05) is 17.9 Å². The first kappa shape index (κ1) is 15.0. The van der Waals surface area contributed by atoms with Crippen LogP contribution in [0.25, 0.3) is 0 Å². The average Bonchev–Trinajstić information content (AvgIpc) is 2.95. The fourth-order valence-electron chi connectivity index (χ4n) is 2.98. The van der Waals surface area contributed by atoms with E-state index in [2.05, 4.69) is 38.0 Å². The van der Waals surface area contributed by atoms with Crippen molar-refractivity contribution in [1.29, 1.82) is 0 Å². The Morgan fingerprint density at radius 2 is 2.20 bits per heavy atom. The average molecular weight is 279 g/mol. The molecule has 20 heavy (non-hydrogen) atoms. The molecule has 1 aromatic heterocycles. The Labute approximate surface area is 120 Å². The normalized spacial score (nSPS) is 23.1. The third-order valence-corrected chi connectivity index (χ3v) is 4.21. The highest BCUT2D eigenvalue weighted by Crippen LogP contribution is 2.27. The molecule has 0 aromatic carbocycles. The highest BCUT2D eigenvalue weighted by molar-refractivity contribution is 5.78. The predicted molar refractivity (Wildman–Crippen MR) is 77.3 cm³/mol. The third-order valence-electron chi connectivity index (χ3n) is 4.21. The van der Waals surface area contributed by atoms with Crippen LogP contribution in [0.1, 0.15) is 25.3 Å². The van der Waals surface area contributed by atoms with Gasteiger partial charge in [-0.25, -0.2) is 0 Å². The predicted octanol–water partition coefficient (Wildman–Crippen LogP) is 1.57. The molecule has 0 radical (unpaired) electrons. The number of likely N-dealkylation sites (tertiary alicyclic amines) is 1. The van der Waals surface area contributed by atoms with E-state index in [-0.39, 0.29) is 5.91 Å². The van der Waals surface area contributed by atoms with Gasteiger partial charge in [0.1, 0.15) is 5.76 Å². The lowest BCUT2D eigenvalue weighted by Crippen LogP contribution is -2.37. The van der Waals surface area contributed by atoms with E-state index in [9.17, 15) is 4.79 Å². The number of nitrogens with zero attached hydrogens (tertiary/aromatic N) is 3. The molecule has 1 aliphatic rings. The van der Waals surface area contributed by atoms with Crippen molar-refractivity contribution < 1.29 is 9.32 Å². The summed E-state index contributed by atoms with van der Waals surface area (Å²) in [6, 6.07) is 2.27. The SMILES string of the molecule is Cc1cc(CC(=O)N2C[C@@H](N(C)C)[C@H](C(C)C)C2)on1. The van der Waals surface area contributed by atoms with E-state index >= 15 is 0 Å². The molecule has 1 fully saturated rings. The van der Waals surface area contributed by atoms with Gasteiger partial charge in [-0.3, -0.25) is 4.79 Å². The molecule has 5 nitrogen and oxygen atoms in total. The molecular weight excluding hydrogens is 254 g/mol. The van der Waals surface area contributed by atoms with Crippen LogP contribution >= 0.6 is 0 Å². The first-order chi connectivity index (χ1) is 9.38. The molecular formula is C15H25N3O2. The zero-order chi connectivity index (χ0) is 14.9. The van der Waals surface area contributed by atoms with Crippen LogP contribution in [0.4, 0.5) is 0 Å². The summed E-state index contributed by atoms with van der Waals surface area (Å²) in [6.45, 7) is 7.97. The molecule has 2 atom stereocenters. The van der Waals surface area contributed by atoms with E-state index in [1.54, 1.807) is 0 Å². The zero-order valence-electron chi connectivity index (χ0n) is 13.1. The highest BCUT2D eigenvalue weighted by atomic mass is 16.5.